The molecule has 0 aromatic heterocycles. The van der Waals surface area contributed by atoms with Gasteiger partial charge in [0.15, 0.2) is 0 Å². The van der Waals surface area contributed by atoms with E-state index in [9.17, 15) is 22.8 Å². The molecule has 1 heterocycles. The van der Waals surface area contributed by atoms with Gasteiger partial charge in [-0.1, -0.05) is 11.6 Å². The Morgan fingerprint density at radius 3 is 2.36 bits per heavy atom. The summed E-state index contributed by atoms with van der Waals surface area (Å²) >= 11 is 5.98. The van der Waals surface area contributed by atoms with Gasteiger partial charge < -0.3 is 20.2 Å². The molecule has 2 rings (SSSR count). The standard InChI is InChI=1S/C15H17ClF3N3O3/c16-11-9-10(15(17,18)19)1-2-12(11)21-5-7-22(8-6-21)14(25)20-4-3-13(23)24/h1-2,9H,3-8H2,(H,20,25)(H,23,24). The number of carbonyl (C=O) groups excluding carboxylic acids is 1. The Morgan fingerprint density at radius 2 is 1.84 bits per heavy atom. The number of hydrogen-bond acceptors (Lipinski definition) is 3. The first-order valence-corrected chi connectivity index (χ1v) is 7.92. The first kappa shape index (κ1) is 19.2. The summed E-state index contributed by atoms with van der Waals surface area (Å²) in [5.41, 5.74) is -0.321. The summed E-state index contributed by atoms with van der Waals surface area (Å²) in [7, 11) is 0. The van der Waals surface area contributed by atoms with Gasteiger partial charge in [-0.25, -0.2) is 4.79 Å². The topological polar surface area (TPSA) is 72.9 Å². The molecule has 1 aromatic carbocycles. The van der Waals surface area contributed by atoms with E-state index < -0.39 is 17.7 Å². The summed E-state index contributed by atoms with van der Waals surface area (Å²) in [5, 5.41) is 11.1. The van der Waals surface area contributed by atoms with E-state index in [1.807, 2.05) is 4.90 Å². The van der Waals surface area contributed by atoms with E-state index in [1.165, 1.54) is 11.0 Å². The molecule has 0 aliphatic carbocycles. The van der Waals surface area contributed by atoms with Gasteiger partial charge in [0.2, 0.25) is 0 Å². The van der Waals surface area contributed by atoms with Gasteiger partial charge in [0.1, 0.15) is 0 Å². The van der Waals surface area contributed by atoms with Gasteiger partial charge >= 0.3 is 18.2 Å². The molecule has 6 nitrogen and oxygen atoms in total. The molecule has 1 aliphatic heterocycles. The summed E-state index contributed by atoms with van der Waals surface area (Å²) in [5.74, 6) is -0.998. The second kappa shape index (κ2) is 7.81. The van der Waals surface area contributed by atoms with Crippen molar-refractivity contribution in [3.05, 3.63) is 28.8 Å². The third-order valence-corrected chi connectivity index (χ3v) is 4.10. The fraction of sp³-hybridized carbons (Fsp3) is 0.467. The Hall–Kier alpha value is -2.16. The van der Waals surface area contributed by atoms with Gasteiger partial charge in [0, 0.05) is 32.7 Å². The van der Waals surface area contributed by atoms with E-state index >= 15 is 0 Å². The van der Waals surface area contributed by atoms with Gasteiger partial charge in [-0.2, -0.15) is 13.2 Å². The van der Waals surface area contributed by atoms with Crippen molar-refractivity contribution in [3.63, 3.8) is 0 Å². The van der Waals surface area contributed by atoms with Crippen molar-refractivity contribution in [3.8, 4) is 0 Å². The molecule has 0 unspecified atom stereocenters. The highest BCUT2D eigenvalue weighted by atomic mass is 35.5. The zero-order valence-corrected chi connectivity index (χ0v) is 13.9. The highest BCUT2D eigenvalue weighted by molar-refractivity contribution is 6.33. The Labute approximate surface area is 147 Å². The van der Waals surface area contributed by atoms with Crippen LogP contribution in [-0.2, 0) is 11.0 Å². The molecule has 0 radical (unpaired) electrons. The van der Waals surface area contributed by atoms with Gasteiger partial charge in [-0.15, -0.1) is 0 Å². The molecule has 2 amide bonds. The molecule has 0 atom stereocenters. The number of carboxylic acids is 1. The molecule has 1 fully saturated rings. The van der Waals surface area contributed by atoms with Crippen molar-refractivity contribution in [2.24, 2.45) is 0 Å². The fourth-order valence-electron chi connectivity index (χ4n) is 2.48. The molecule has 10 heteroatoms. The SMILES string of the molecule is O=C(O)CCNC(=O)N1CCN(c2ccc(C(F)(F)F)cc2Cl)CC1. The van der Waals surface area contributed by atoms with Crippen LogP contribution in [0.4, 0.5) is 23.7 Å². The molecule has 138 valence electrons. The van der Waals surface area contributed by atoms with Gasteiger partial charge in [0.05, 0.1) is 22.7 Å². The second-order valence-electron chi connectivity index (χ2n) is 5.51. The van der Waals surface area contributed by atoms with E-state index in [0.717, 1.165) is 12.1 Å². The second-order valence-corrected chi connectivity index (χ2v) is 5.92. The van der Waals surface area contributed by atoms with Crippen molar-refractivity contribution in [2.75, 3.05) is 37.6 Å². The molecule has 1 aliphatic rings. The van der Waals surface area contributed by atoms with E-state index in [1.54, 1.807) is 0 Å². The highest BCUT2D eigenvalue weighted by Gasteiger charge is 2.31. The number of rotatable bonds is 4. The van der Waals surface area contributed by atoms with Crippen LogP contribution in [0.1, 0.15) is 12.0 Å². The summed E-state index contributed by atoms with van der Waals surface area (Å²) in [4.78, 5) is 25.7. The number of anilines is 1. The summed E-state index contributed by atoms with van der Waals surface area (Å²) in [6.07, 6.45) is -4.61. The minimum atomic E-state index is -4.45. The van der Waals surface area contributed by atoms with Crippen molar-refractivity contribution in [1.82, 2.24) is 10.2 Å². The van der Waals surface area contributed by atoms with Gasteiger partial charge in [-0.3, -0.25) is 4.79 Å². The Morgan fingerprint density at radius 1 is 1.20 bits per heavy atom. The first-order chi connectivity index (χ1) is 11.7. The molecular formula is C15H17ClF3N3O3. The van der Waals surface area contributed by atoms with Crippen molar-refractivity contribution in [2.45, 2.75) is 12.6 Å². The number of piperazine rings is 1. The average molecular weight is 380 g/mol. The number of carbonyl (C=O) groups is 2. The minimum Gasteiger partial charge on any atom is -0.481 e. The number of nitrogens with one attached hydrogen (secondary N) is 1. The Kier molecular flexibility index (Phi) is 5.99. The highest BCUT2D eigenvalue weighted by Crippen LogP contribution is 2.35. The quantitative estimate of drug-likeness (QED) is 0.843. The number of halogens is 4. The fourth-order valence-corrected chi connectivity index (χ4v) is 2.78. The van der Waals surface area contributed by atoms with Crippen LogP contribution >= 0.6 is 11.6 Å². The lowest BCUT2D eigenvalue weighted by Gasteiger charge is -2.36. The van der Waals surface area contributed by atoms with E-state index in [0.29, 0.717) is 31.9 Å². The van der Waals surface area contributed by atoms with Crippen LogP contribution in [0.15, 0.2) is 18.2 Å². The number of alkyl halides is 3. The van der Waals surface area contributed by atoms with Crippen LogP contribution in [0.25, 0.3) is 0 Å². The van der Waals surface area contributed by atoms with Gasteiger partial charge in [-0.05, 0) is 18.2 Å². The Bertz CT molecular complexity index is 647. The maximum absolute atomic E-state index is 12.7. The predicted molar refractivity (Wildman–Crippen MR) is 85.9 cm³/mol. The molecule has 0 bridgehead atoms. The molecule has 25 heavy (non-hydrogen) atoms. The number of carboxylic acid groups (broad SMARTS) is 1. The van der Waals surface area contributed by atoms with E-state index in [2.05, 4.69) is 5.32 Å². The lowest BCUT2D eigenvalue weighted by atomic mass is 10.1. The first-order valence-electron chi connectivity index (χ1n) is 7.55. The molecule has 0 spiro atoms. The van der Waals surface area contributed by atoms with Crippen LogP contribution in [0.2, 0.25) is 5.02 Å². The van der Waals surface area contributed by atoms with Crippen molar-refractivity contribution in [1.29, 1.82) is 0 Å². The van der Waals surface area contributed by atoms with Crippen LogP contribution in [0.5, 0.6) is 0 Å². The smallest absolute Gasteiger partial charge is 0.416 e. The summed E-state index contributed by atoms with van der Waals surface area (Å²) < 4.78 is 38.0. The number of benzene rings is 1. The number of hydrogen-bond donors (Lipinski definition) is 2. The van der Waals surface area contributed by atoms with Gasteiger partial charge in [0.25, 0.3) is 0 Å². The maximum atomic E-state index is 12.7. The normalized spacial score (nSPS) is 15.2. The number of nitrogens with zero attached hydrogens (tertiary/aromatic N) is 2. The van der Waals surface area contributed by atoms with Crippen molar-refractivity contribution >= 4 is 29.3 Å². The predicted octanol–water partition coefficient (Wildman–Crippen LogP) is 2.67. The molecular weight excluding hydrogens is 363 g/mol. The Balaban J connectivity index is 1.92. The van der Waals surface area contributed by atoms with Crippen LogP contribution in [0, 0.1) is 0 Å². The van der Waals surface area contributed by atoms with Crippen LogP contribution in [0.3, 0.4) is 0 Å². The third-order valence-electron chi connectivity index (χ3n) is 3.80. The van der Waals surface area contributed by atoms with Crippen LogP contribution in [-0.4, -0.2) is 54.7 Å². The molecule has 1 saturated heterocycles. The number of aliphatic carboxylic acids is 1. The number of urea groups is 1. The van der Waals surface area contributed by atoms with Crippen molar-refractivity contribution < 1.29 is 27.9 Å². The molecule has 2 N–H and O–H groups in total. The summed E-state index contributed by atoms with van der Waals surface area (Å²) in [6.45, 7) is 1.58. The minimum absolute atomic E-state index is 0.00850. The maximum Gasteiger partial charge on any atom is 0.416 e. The zero-order chi connectivity index (χ0) is 18.6. The zero-order valence-electron chi connectivity index (χ0n) is 13.1. The third kappa shape index (κ3) is 5.15. The molecule has 0 saturated carbocycles. The molecule has 1 aromatic rings. The number of amides is 2. The lowest BCUT2D eigenvalue weighted by molar-refractivity contribution is -0.138. The summed E-state index contributed by atoms with van der Waals surface area (Å²) in [6, 6.07) is 2.83. The van der Waals surface area contributed by atoms with Crippen LogP contribution < -0.4 is 10.2 Å². The monoisotopic (exact) mass is 379 g/mol. The van der Waals surface area contributed by atoms with E-state index in [-0.39, 0.29) is 24.0 Å². The lowest BCUT2D eigenvalue weighted by Crippen LogP contribution is -2.52. The largest absolute Gasteiger partial charge is 0.481 e. The average Bonchev–Trinajstić information content (AvgIpc) is 2.53. The van der Waals surface area contributed by atoms with E-state index in [4.69, 9.17) is 16.7 Å².